The zero-order chi connectivity index (χ0) is 14.5. The summed E-state index contributed by atoms with van der Waals surface area (Å²) in [7, 11) is 1.51. The number of carbonyl (C=O) groups excluding carboxylic acids is 2. The average molecular weight is 277 g/mol. The van der Waals surface area contributed by atoms with Gasteiger partial charge < -0.3 is 10.6 Å². The summed E-state index contributed by atoms with van der Waals surface area (Å²) < 4.78 is 0. The van der Waals surface area contributed by atoms with Crippen LogP contribution >= 0.6 is 0 Å². The fraction of sp³-hybridized carbons (Fsp3) is 0.538. The minimum atomic E-state index is -0.411. The number of anilines is 2. The van der Waals surface area contributed by atoms with E-state index in [9.17, 15) is 9.59 Å². The molecule has 0 radical (unpaired) electrons. The normalized spacial score (nSPS) is 19.1. The number of imide groups is 1. The van der Waals surface area contributed by atoms with Gasteiger partial charge in [0.05, 0.1) is 0 Å². The summed E-state index contributed by atoms with van der Waals surface area (Å²) in [6, 6.07) is 1.35. The van der Waals surface area contributed by atoms with E-state index in [4.69, 9.17) is 0 Å². The number of hydrogen-bond donors (Lipinski definition) is 2. The molecule has 1 atom stereocenters. The number of nitrogens with zero attached hydrogens (tertiary/aromatic N) is 3. The smallest absolute Gasteiger partial charge is 0.251 e. The molecule has 2 rings (SSSR count). The van der Waals surface area contributed by atoms with Crippen molar-refractivity contribution in [3.63, 3.8) is 0 Å². The molecule has 1 aliphatic rings. The maximum Gasteiger partial charge on any atom is 0.251 e. The van der Waals surface area contributed by atoms with Gasteiger partial charge in [0.15, 0.2) is 0 Å². The van der Waals surface area contributed by atoms with Gasteiger partial charge in [-0.25, -0.2) is 9.97 Å². The second kappa shape index (κ2) is 6.31. The minimum absolute atomic E-state index is 0.138. The van der Waals surface area contributed by atoms with Crippen molar-refractivity contribution in [2.45, 2.75) is 32.2 Å². The molecule has 7 heteroatoms. The fourth-order valence-corrected chi connectivity index (χ4v) is 2.01. The molecule has 2 N–H and O–H groups in total. The molecule has 1 saturated heterocycles. The number of carbonyl (C=O) groups is 2. The Labute approximate surface area is 117 Å². The summed E-state index contributed by atoms with van der Waals surface area (Å²) in [4.78, 5) is 32.8. The summed E-state index contributed by atoms with van der Waals surface area (Å²) >= 11 is 0. The Morgan fingerprint density at radius 2 is 2.10 bits per heavy atom. The van der Waals surface area contributed by atoms with Crippen molar-refractivity contribution in [1.82, 2.24) is 14.9 Å². The topological polar surface area (TPSA) is 87.2 Å². The third-order valence-corrected chi connectivity index (χ3v) is 3.19. The van der Waals surface area contributed by atoms with Crippen molar-refractivity contribution in [2.24, 2.45) is 0 Å². The number of likely N-dealkylation sites (tertiary alicyclic amines) is 1. The summed E-state index contributed by atoms with van der Waals surface area (Å²) in [5.74, 6) is 0.945. The third kappa shape index (κ3) is 3.23. The van der Waals surface area contributed by atoms with Crippen LogP contribution in [-0.2, 0) is 9.59 Å². The lowest BCUT2D eigenvalue weighted by molar-refractivity contribution is -0.146. The van der Waals surface area contributed by atoms with Crippen LogP contribution in [0.2, 0.25) is 0 Å². The first-order valence-electron chi connectivity index (χ1n) is 6.74. The van der Waals surface area contributed by atoms with Gasteiger partial charge in [-0.3, -0.25) is 14.5 Å². The molecule has 0 aromatic carbocycles. The SMILES string of the molecule is CCCNc1cc(NC2CCC(=O)N(C)C2=O)ncn1. The van der Waals surface area contributed by atoms with Gasteiger partial charge in [-0.1, -0.05) is 6.92 Å². The number of likely N-dealkylation sites (N-methyl/N-ethyl adjacent to an activating group) is 1. The van der Waals surface area contributed by atoms with Gasteiger partial charge in [-0.15, -0.1) is 0 Å². The molecular formula is C13H19N5O2. The van der Waals surface area contributed by atoms with Crippen LogP contribution in [0.4, 0.5) is 11.6 Å². The molecule has 1 aromatic rings. The first kappa shape index (κ1) is 14.2. The third-order valence-electron chi connectivity index (χ3n) is 3.19. The average Bonchev–Trinajstić information content (AvgIpc) is 2.46. The molecule has 1 fully saturated rings. The number of piperidine rings is 1. The number of hydrogen-bond acceptors (Lipinski definition) is 6. The van der Waals surface area contributed by atoms with Gasteiger partial charge in [0, 0.05) is 26.1 Å². The lowest BCUT2D eigenvalue weighted by atomic mass is 10.0. The van der Waals surface area contributed by atoms with Gasteiger partial charge in [0.25, 0.3) is 5.91 Å². The van der Waals surface area contributed by atoms with Crippen LogP contribution in [-0.4, -0.2) is 46.3 Å². The second-order valence-electron chi connectivity index (χ2n) is 4.74. The van der Waals surface area contributed by atoms with E-state index < -0.39 is 6.04 Å². The number of nitrogens with one attached hydrogen (secondary N) is 2. The van der Waals surface area contributed by atoms with Crippen LogP contribution < -0.4 is 10.6 Å². The minimum Gasteiger partial charge on any atom is -0.370 e. The maximum atomic E-state index is 12.0. The summed E-state index contributed by atoms with van der Waals surface area (Å²) in [5, 5.41) is 6.22. The first-order valence-corrected chi connectivity index (χ1v) is 6.74. The van der Waals surface area contributed by atoms with Crippen molar-refractivity contribution < 1.29 is 9.59 Å². The first-order chi connectivity index (χ1) is 9.61. The van der Waals surface area contributed by atoms with Crippen LogP contribution in [0.5, 0.6) is 0 Å². The Bertz CT molecular complexity index is 505. The van der Waals surface area contributed by atoms with E-state index in [1.807, 2.05) is 0 Å². The number of amides is 2. The van der Waals surface area contributed by atoms with Gasteiger partial charge in [-0.2, -0.15) is 0 Å². The standard InChI is InChI=1S/C13H19N5O2/c1-3-6-14-10-7-11(16-8-15-10)17-9-4-5-12(19)18(2)13(9)20/h7-9H,3-6H2,1-2H3,(H2,14,15,16,17). The van der Waals surface area contributed by atoms with Crippen LogP contribution in [0.1, 0.15) is 26.2 Å². The Kier molecular flexibility index (Phi) is 4.49. The zero-order valence-corrected chi connectivity index (χ0v) is 11.7. The van der Waals surface area contributed by atoms with Crippen LogP contribution in [0, 0.1) is 0 Å². The number of aromatic nitrogens is 2. The van der Waals surface area contributed by atoms with Crippen molar-refractivity contribution >= 4 is 23.5 Å². The van der Waals surface area contributed by atoms with Gasteiger partial charge >= 0.3 is 0 Å². The fourth-order valence-electron chi connectivity index (χ4n) is 2.01. The van der Waals surface area contributed by atoms with E-state index in [2.05, 4.69) is 27.5 Å². The van der Waals surface area contributed by atoms with Gasteiger partial charge in [-0.05, 0) is 12.8 Å². The number of rotatable bonds is 5. The highest BCUT2D eigenvalue weighted by Gasteiger charge is 2.31. The van der Waals surface area contributed by atoms with E-state index in [1.165, 1.54) is 18.3 Å². The highest BCUT2D eigenvalue weighted by Crippen LogP contribution is 2.17. The summed E-state index contributed by atoms with van der Waals surface area (Å²) in [6.45, 7) is 2.90. The zero-order valence-electron chi connectivity index (χ0n) is 11.7. The monoisotopic (exact) mass is 277 g/mol. The van der Waals surface area contributed by atoms with Crippen molar-refractivity contribution in [1.29, 1.82) is 0 Å². The van der Waals surface area contributed by atoms with E-state index in [0.29, 0.717) is 18.7 Å². The predicted octanol–water partition coefficient (Wildman–Crippen LogP) is 0.858. The molecule has 1 aliphatic heterocycles. The molecule has 7 nitrogen and oxygen atoms in total. The maximum absolute atomic E-state index is 12.0. The highest BCUT2D eigenvalue weighted by molar-refractivity contribution is 6.01. The molecule has 0 aliphatic carbocycles. The molecule has 0 spiro atoms. The van der Waals surface area contributed by atoms with Gasteiger partial charge in [0.2, 0.25) is 5.91 Å². The molecule has 20 heavy (non-hydrogen) atoms. The molecule has 1 unspecified atom stereocenters. The summed E-state index contributed by atoms with van der Waals surface area (Å²) in [5.41, 5.74) is 0. The lowest BCUT2D eigenvalue weighted by Gasteiger charge is -2.28. The molecule has 2 amide bonds. The Morgan fingerprint density at radius 3 is 2.85 bits per heavy atom. The van der Waals surface area contributed by atoms with Gasteiger partial charge in [0.1, 0.15) is 24.0 Å². The molecule has 0 bridgehead atoms. The molecule has 2 heterocycles. The van der Waals surface area contributed by atoms with Crippen molar-refractivity contribution in [3.8, 4) is 0 Å². The Morgan fingerprint density at radius 1 is 1.35 bits per heavy atom. The molecule has 108 valence electrons. The predicted molar refractivity (Wildman–Crippen MR) is 75.2 cm³/mol. The Hall–Kier alpha value is -2.18. The van der Waals surface area contributed by atoms with E-state index in [-0.39, 0.29) is 11.8 Å². The largest absolute Gasteiger partial charge is 0.370 e. The Balaban J connectivity index is 2.02. The van der Waals surface area contributed by atoms with Crippen LogP contribution in [0.25, 0.3) is 0 Å². The molecule has 0 saturated carbocycles. The summed E-state index contributed by atoms with van der Waals surface area (Å²) in [6.07, 6.45) is 3.30. The second-order valence-corrected chi connectivity index (χ2v) is 4.74. The van der Waals surface area contributed by atoms with E-state index in [0.717, 1.165) is 18.8 Å². The van der Waals surface area contributed by atoms with Crippen molar-refractivity contribution in [3.05, 3.63) is 12.4 Å². The lowest BCUT2D eigenvalue weighted by Crippen LogP contribution is -2.48. The van der Waals surface area contributed by atoms with E-state index >= 15 is 0 Å². The van der Waals surface area contributed by atoms with E-state index in [1.54, 1.807) is 6.07 Å². The molecular weight excluding hydrogens is 258 g/mol. The van der Waals surface area contributed by atoms with Crippen molar-refractivity contribution in [2.75, 3.05) is 24.2 Å². The molecule has 1 aromatic heterocycles. The van der Waals surface area contributed by atoms with Crippen LogP contribution in [0.3, 0.4) is 0 Å². The quantitative estimate of drug-likeness (QED) is 0.776. The van der Waals surface area contributed by atoms with Crippen LogP contribution in [0.15, 0.2) is 12.4 Å². The highest BCUT2D eigenvalue weighted by atomic mass is 16.2.